The average molecular weight is 276 g/mol. The van der Waals surface area contributed by atoms with Crippen LogP contribution in [0.15, 0.2) is 18.3 Å². The highest BCUT2D eigenvalue weighted by Gasteiger charge is 2.21. The third-order valence-electron chi connectivity index (χ3n) is 3.75. The van der Waals surface area contributed by atoms with E-state index in [1.54, 1.807) is 25.2 Å². The van der Waals surface area contributed by atoms with Crippen LogP contribution in [0.3, 0.4) is 0 Å². The lowest BCUT2D eigenvalue weighted by Gasteiger charge is -2.35. The molecule has 5 nitrogen and oxygen atoms in total. The van der Waals surface area contributed by atoms with Gasteiger partial charge in [0.2, 0.25) is 0 Å². The van der Waals surface area contributed by atoms with Gasteiger partial charge in [-0.3, -0.25) is 9.78 Å². The maximum Gasteiger partial charge on any atom is 0.272 e. The van der Waals surface area contributed by atoms with Crippen molar-refractivity contribution in [2.24, 2.45) is 0 Å². The van der Waals surface area contributed by atoms with Gasteiger partial charge in [0.1, 0.15) is 5.69 Å². The molecule has 110 valence electrons. The van der Waals surface area contributed by atoms with E-state index in [-0.39, 0.29) is 5.91 Å². The Bertz CT molecular complexity index is 455. The van der Waals surface area contributed by atoms with Gasteiger partial charge in [-0.2, -0.15) is 0 Å². The smallest absolute Gasteiger partial charge is 0.272 e. The summed E-state index contributed by atoms with van der Waals surface area (Å²) < 4.78 is 0. The Morgan fingerprint density at radius 1 is 1.50 bits per heavy atom. The van der Waals surface area contributed by atoms with Crippen LogP contribution in [-0.4, -0.2) is 55.6 Å². The Morgan fingerprint density at radius 3 is 2.90 bits per heavy atom. The molecule has 1 amide bonds. The molecule has 2 heterocycles. The predicted molar refractivity (Wildman–Crippen MR) is 81.2 cm³/mol. The highest BCUT2D eigenvalue weighted by molar-refractivity contribution is 5.92. The zero-order chi connectivity index (χ0) is 14.5. The third kappa shape index (κ3) is 3.28. The molecule has 20 heavy (non-hydrogen) atoms. The van der Waals surface area contributed by atoms with E-state index < -0.39 is 0 Å². The number of amides is 1. The molecule has 0 radical (unpaired) electrons. The second-order valence-corrected chi connectivity index (χ2v) is 5.39. The first-order chi connectivity index (χ1) is 9.63. The van der Waals surface area contributed by atoms with E-state index in [9.17, 15) is 4.79 Å². The molecule has 5 heteroatoms. The molecule has 1 atom stereocenters. The summed E-state index contributed by atoms with van der Waals surface area (Å²) in [6.07, 6.45) is 4.13. The summed E-state index contributed by atoms with van der Waals surface area (Å²) in [4.78, 5) is 20.1. The lowest BCUT2D eigenvalue weighted by molar-refractivity contribution is 0.0822. The Kier molecular flexibility index (Phi) is 4.95. The molecule has 1 aliphatic heterocycles. The number of likely N-dealkylation sites (N-methyl/N-ethyl adjacent to an activating group) is 1. The number of rotatable bonds is 4. The first kappa shape index (κ1) is 14.8. The van der Waals surface area contributed by atoms with Gasteiger partial charge in [0.05, 0.1) is 0 Å². The number of piperidine rings is 1. The van der Waals surface area contributed by atoms with Crippen LogP contribution in [0.4, 0.5) is 5.69 Å². The number of carbonyl (C=O) groups is 1. The van der Waals surface area contributed by atoms with Gasteiger partial charge >= 0.3 is 0 Å². The molecule has 0 bridgehead atoms. The van der Waals surface area contributed by atoms with Crippen LogP contribution in [0, 0.1) is 0 Å². The number of anilines is 1. The number of hydrogen-bond donors (Lipinski definition) is 1. The number of aromatic nitrogens is 1. The number of nitrogens with zero attached hydrogens (tertiary/aromatic N) is 3. The molecule has 1 aliphatic rings. The number of hydrogen-bond acceptors (Lipinski definition) is 4. The van der Waals surface area contributed by atoms with Gasteiger partial charge in [0.15, 0.2) is 0 Å². The molecule has 0 aliphatic carbocycles. The summed E-state index contributed by atoms with van der Waals surface area (Å²) in [6, 6.07) is 4.39. The Hall–Kier alpha value is -1.62. The SMILES string of the molecule is CCN(c1ccnc(C(=O)N(C)C)c1)C1CCCNC1. The first-order valence-corrected chi connectivity index (χ1v) is 7.28. The van der Waals surface area contributed by atoms with E-state index in [0.717, 1.165) is 25.3 Å². The number of nitrogens with one attached hydrogen (secondary N) is 1. The minimum Gasteiger partial charge on any atom is -0.367 e. The lowest BCUT2D eigenvalue weighted by Crippen LogP contribution is -2.46. The van der Waals surface area contributed by atoms with Gasteiger partial charge in [-0.15, -0.1) is 0 Å². The standard InChI is InChI=1S/C15H24N4O/c1-4-19(13-6-5-8-16-11-13)12-7-9-17-14(10-12)15(20)18(2)3/h7,9-10,13,16H,4-6,8,11H2,1-3H3. The largest absolute Gasteiger partial charge is 0.367 e. The van der Waals surface area contributed by atoms with Crippen molar-refractivity contribution in [1.82, 2.24) is 15.2 Å². The van der Waals surface area contributed by atoms with Crippen LogP contribution in [0.25, 0.3) is 0 Å². The molecule has 1 aromatic heterocycles. The Balaban J connectivity index is 2.21. The Labute approximate surface area is 121 Å². The maximum absolute atomic E-state index is 12.0. The van der Waals surface area contributed by atoms with Gasteiger partial charge in [0.25, 0.3) is 5.91 Å². The van der Waals surface area contributed by atoms with Crippen LogP contribution in [-0.2, 0) is 0 Å². The van der Waals surface area contributed by atoms with Crippen molar-refractivity contribution >= 4 is 11.6 Å². The zero-order valence-electron chi connectivity index (χ0n) is 12.6. The summed E-state index contributed by atoms with van der Waals surface area (Å²) in [7, 11) is 3.50. The van der Waals surface area contributed by atoms with Crippen molar-refractivity contribution < 1.29 is 4.79 Å². The molecule has 1 unspecified atom stereocenters. The van der Waals surface area contributed by atoms with E-state index in [0.29, 0.717) is 11.7 Å². The fourth-order valence-corrected chi connectivity index (χ4v) is 2.70. The maximum atomic E-state index is 12.0. The Morgan fingerprint density at radius 2 is 2.30 bits per heavy atom. The van der Waals surface area contributed by atoms with Gasteiger partial charge in [-0.05, 0) is 38.4 Å². The van der Waals surface area contributed by atoms with Crippen molar-refractivity contribution in [2.75, 3.05) is 38.6 Å². The summed E-state index contributed by atoms with van der Waals surface area (Å²) in [5, 5.41) is 3.44. The summed E-state index contributed by atoms with van der Waals surface area (Å²) in [6.45, 7) is 5.20. The molecule has 1 saturated heterocycles. The van der Waals surface area contributed by atoms with Crippen LogP contribution < -0.4 is 10.2 Å². The molecule has 1 N–H and O–H groups in total. The topological polar surface area (TPSA) is 48.5 Å². The number of pyridine rings is 1. The summed E-state index contributed by atoms with van der Waals surface area (Å²) in [5.41, 5.74) is 1.59. The fourth-order valence-electron chi connectivity index (χ4n) is 2.70. The molecule has 2 rings (SSSR count). The van der Waals surface area contributed by atoms with Crippen molar-refractivity contribution in [2.45, 2.75) is 25.8 Å². The minimum absolute atomic E-state index is 0.0512. The van der Waals surface area contributed by atoms with E-state index in [4.69, 9.17) is 0 Å². The monoisotopic (exact) mass is 276 g/mol. The number of carbonyl (C=O) groups excluding carboxylic acids is 1. The molecule has 0 aromatic carbocycles. The highest BCUT2D eigenvalue weighted by atomic mass is 16.2. The second kappa shape index (κ2) is 6.70. The predicted octanol–water partition coefficient (Wildman–Crippen LogP) is 1.36. The van der Waals surface area contributed by atoms with Crippen LogP contribution in [0.1, 0.15) is 30.3 Å². The van der Waals surface area contributed by atoms with Crippen molar-refractivity contribution in [1.29, 1.82) is 0 Å². The van der Waals surface area contributed by atoms with Crippen LogP contribution in [0.2, 0.25) is 0 Å². The molecule has 0 saturated carbocycles. The van der Waals surface area contributed by atoms with E-state index in [1.165, 1.54) is 12.8 Å². The molecular weight excluding hydrogens is 252 g/mol. The molecule has 1 aromatic rings. The van der Waals surface area contributed by atoms with Gasteiger partial charge in [-0.1, -0.05) is 0 Å². The fraction of sp³-hybridized carbons (Fsp3) is 0.600. The summed E-state index contributed by atoms with van der Waals surface area (Å²) in [5.74, 6) is -0.0512. The highest BCUT2D eigenvalue weighted by Crippen LogP contribution is 2.21. The first-order valence-electron chi connectivity index (χ1n) is 7.28. The minimum atomic E-state index is -0.0512. The second-order valence-electron chi connectivity index (χ2n) is 5.39. The van der Waals surface area contributed by atoms with Gasteiger partial charge in [0, 0.05) is 45.1 Å². The summed E-state index contributed by atoms with van der Waals surface area (Å²) >= 11 is 0. The van der Waals surface area contributed by atoms with Crippen molar-refractivity contribution in [3.8, 4) is 0 Å². The van der Waals surface area contributed by atoms with Crippen molar-refractivity contribution in [3.05, 3.63) is 24.0 Å². The molecule has 1 fully saturated rings. The normalized spacial score (nSPS) is 18.6. The van der Waals surface area contributed by atoms with Crippen LogP contribution >= 0.6 is 0 Å². The average Bonchev–Trinajstić information content (AvgIpc) is 2.48. The van der Waals surface area contributed by atoms with E-state index in [2.05, 4.69) is 22.1 Å². The third-order valence-corrected chi connectivity index (χ3v) is 3.75. The molecule has 0 spiro atoms. The quantitative estimate of drug-likeness (QED) is 0.902. The van der Waals surface area contributed by atoms with E-state index in [1.807, 2.05) is 12.1 Å². The zero-order valence-corrected chi connectivity index (χ0v) is 12.6. The van der Waals surface area contributed by atoms with Gasteiger partial charge in [-0.25, -0.2) is 0 Å². The molecular formula is C15H24N4O. The van der Waals surface area contributed by atoms with Crippen LogP contribution in [0.5, 0.6) is 0 Å². The lowest BCUT2D eigenvalue weighted by atomic mass is 10.0. The van der Waals surface area contributed by atoms with E-state index >= 15 is 0 Å². The van der Waals surface area contributed by atoms with Gasteiger partial charge < -0.3 is 15.1 Å². The van der Waals surface area contributed by atoms with Crippen molar-refractivity contribution in [3.63, 3.8) is 0 Å².